The molecule has 2 aromatic rings. The van der Waals surface area contributed by atoms with Crippen LogP contribution in [0.4, 0.5) is 5.13 Å². The fraction of sp³-hybridized carbons (Fsp3) is 0.333. The maximum absolute atomic E-state index is 4.02. The fourth-order valence-corrected chi connectivity index (χ4v) is 2.15. The van der Waals surface area contributed by atoms with E-state index >= 15 is 0 Å². The molecule has 0 fully saturated rings. The molecule has 1 unspecified atom stereocenters. The highest BCUT2D eigenvalue weighted by Crippen LogP contribution is 2.26. The maximum Gasteiger partial charge on any atom is 0.205 e. The number of rotatable bonds is 4. The van der Waals surface area contributed by atoms with E-state index in [0.29, 0.717) is 5.92 Å². The summed E-state index contributed by atoms with van der Waals surface area (Å²) in [5.41, 5.74) is 3.03. The molecule has 0 saturated heterocycles. The van der Waals surface area contributed by atoms with Crippen LogP contribution in [0, 0.1) is 5.92 Å². The van der Waals surface area contributed by atoms with Crippen molar-refractivity contribution in [1.29, 1.82) is 0 Å². The zero-order chi connectivity index (χ0) is 11.4. The van der Waals surface area contributed by atoms with Gasteiger partial charge in [0.25, 0.3) is 0 Å². The van der Waals surface area contributed by atoms with Gasteiger partial charge in [-0.2, -0.15) is 0 Å². The number of hydrogen-bond donors (Lipinski definition) is 1. The molecular weight excluding hydrogens is 218 g/mol. The van der Waals surface area contributed by atoms with Gasteiger partial charge in [0.15, 0.2) is 0 Å². The molecule has 1 atom stereocenters. The highest BCUT2D eigenvalue weighted by atomic mass is 32.1. The Morgan fingerprint density at radius 3 is 2.50 bits per heavy atom. The van der Waals surface area contributed by atoms with Gasteiger partial charge in [-0.25, -0.2) is 0 Å². The topological polar surface area (TPSA) is 37.8 Å². The highest BCUT2D eigenvalue weighted by molar-refractivity contribution is 7.13. The second-order valence-corrected chi connectivity index (χ2v) is 4.85. The molecule has 0 aliphatic carbocycles. The molecule has 0 aliphatic rings. The van der Waals surface area contributed by atoms with Crippen LogP contribution in [0.1, 0.15) is 25.5 Å². The van der Waals surface area contributed by atoms with Crippen LogP contribution in [0.2, 0.25) is 0 Å². The van der Waals surface area contributed by atoms with Crippen LogP contribution < -0.4 is 5.32 Å². The Hall–Kier alpha value is -1.42. The number of aromatic nitrogens is 2. The molecule has 16 heavy (non-hydrogen) atoms. The predicted octanol–water partition coefficient (Wildman–Crippen LogP) is 3.35. The Balaban J connectivity index is 2.18. The lowest BCUT2D eigenvalue weighted by Crippen LogP contribution is -2.16. The van der Waals surface area contributed by atoms with E-state index < -0.39 is 0 Å². The second kappa shape index (κ2) is 5.07. The fourth-order valence-electron chi connectivity index (χ4n) is 1.66. The number of anilines is 1. The molecule has 1 aromatic carbocycles. The maximum atomic E-state index is 4.02. The third kappa shape index (κ3) is 2.58. The second-order valence-electron chi connectivity index (χ2n) is 4.02. The minimum atomic E-state index is 0.286. The van der Waals surface area contributed by atoms with E-state index in [1.807, 2.05) is 6.07 Å². The molecule has 0 aliphatic heterocycles. The summed E-state index contributed by atoms with van der Waals surface area (Å²) in [6.07, 6.45) is 0. The summed E-state index contributed by atoms with van der Waals surface area (Å²) in [5.74, 6) is 0.506. The summed E-state index contributed by atoms with van der Waals surface area (Å²) < 4.78 is 0. The first-order chi connectivity index (χ1) is 7.77. The third-order valence-electron chi connectivity index (χ3n) is 2.46. The minimum Gasteiger partial charge on any atom is -0.353 e. The van der Waals surface area contributed by atoms with E-state index in [2.05, 4.69) is 53.6 Å². The molecule has 0 radical (unpaired) electrons. The van der Waals surface area contributed by atoms with Gasteiger partial charge in [0.1, 0.15) is 5.51 Å². The average molecular weight is 233 g/mol. The van der Waals surface area contributed by atoms with Crippen molar-refractivity contribution in [2.45, 2.75) is 19.9 Å². The summed E-state index contributed by atoms with van der Waals surface area (Å²) in [6.45, 7) is 4.40. The molecule has 84 valence electrons. The lowest BCUT2D eigenvalue weighted by molar-refractivity contribution is 0.545. The zero-order valence-electron chi connectivity index (χ0n) is 9.42. The normalized spacial score (nSPS) is 12.7. The first-order valence-electron chi connectivity index (χ1n) is 5.35. The molecule has 2 rings (SSSR count). The van der Waals surface area contributed by atoms with Gasteiger partial charge in [0.05, 0.1) is 6.04 Å². The van der Waals surface area contributed by atoms with E-state index in [1.54, 1.807) is 5.51 Å². The minimum absolute atomic E-state index is 0.286. The van der Waals surface area contributed by atoms with Gasteiger partial charge in [0, 0.05) is 0 Å². The molecule has 3 nitrogen and oxygen atoms in total. The van der Waals surface area contributed by atoms with Crippen molar-refractivity contribution in [3.8, 4) is 0 Å². The standard InChI is InChI=1S/C12H15N3S/c1-9(2)11(10-6-4-3-5-7-10)14-12-15-13-8-16-12/h3-9,11H,1-2H3,(H,14,15). The summed E-state index contributed by atoms with van der Waals surface area (Å²) in [7, 11) is 0. The van der Waals surface area contributed by atoms with Crippen LogP contribution in [-0.4, -0.2) is 10.2 Å². The van der Waals surface area contributed by atoms with E-state index in [0.717, 1.165) is 5.13 Å². The Kier molecular flexibility index (Phi) is 3.51. The zero-order valence-corrected chi connectivity index (χ0v) is 10.2. The smallest absolute Gasteiger partial charge is 0.205 e. The van der Waals surface area contributed by atoms with Gasteiger partial charge >= 0.3 is 0 Å². The van der Waals surface area contributed by atoms with Crippen LogP contribution in [0.3, 0.4) is 0 Å². The van der Waals surface area contributed by atoms with Crippen molar-refractivity contribution in [2.75, 3.05) is 5.32 Å². The largest absolute Gasteiger partial charge is 0.353 e. The van der Waals surface area contributed by atoms with E-state index in [1.165, 1.54) is 16.9 Å². The molecule has 0 bridgehead atoms. The van der Waals surface area contributed by atoms with Crippen LogP contribution in [0.5, 0.6) is 0 Å². The Morgan fingerprint density at radius 2 is 1.94 bits per heavy atom. The Labute approximate surface area is 99.5 Å². The number of nitrogens with zero attached hydrogens (tertiary/aromatic N) is 2. The number of nitrogens with one attached hydrogen (secondary N) is 1. The summed E-state index contributed by atoms with van der Waals surface area (Å²) >= 11 is 1.53. The molecule has 0 amide bonds. The summed E-state index contributed by atoms with van der Waals surface area (Å²) in [4.78, 5) is 0. The molecule has 4 heteroatoms. The van der Waals surface area contributed by atoms with Crippen molar-refractivity contribution in [2.24, 2.45) is 5.92 Å². The monoisotopic (exact) mass is 233 g/mol. The van der Waals surface area contributed by atoms with Crippen molar-refractivity contribution in [3.63, 3.8) is 0 Å². The number of hydrogen-bond acceptors (Lipinski definition) is 4. The molecule has 0 spiro atoms. The van der Waals surface area contributed by atoms with E-state index in [4.69, 9.17) is 0 Å². The van der Waals surface area contributed by atoms with Crippen molar-refractivity contribution in [1.82, 2.24) is 10.2 Å². The first-order valence-corrected chi connectivity index (χ1v) is 6.23. The average Bonchev–Trinajstić information content (AvgIpc) is 2.79. The van der Waals surface area contributed by atoms with Crippen molar-refractivity contribution in [3.05, 3.63) is 41.4 Å². The summed E-state index contributed by atoms with van der Waals surface area (Å²) in [5, 5.41) is 12.2. The third-order valence-corrected chi connectivity index (χ3v) is 3.09. The predicted molar refractivity (Wildman–Crippen MR) is 67.6 cm³/mol. The van der Waals surface area contributed by atoms with Gasteiger partial charge in [-0.1, -0.05) is 55.5 Å². The van der Waals surface area contributed by atoms with Gasteiger partial charge < -0.3 is 5.32 Å². The lowest BCUT2D eigenvalue weighted by atomic mass is 9.96. The molecular formula is C12H15N3S. The Bertz CT molecular complexity index is 411. The van der Waals surface area contributed by atoms with Gasteiger partial charge in [-0.05, 0) is 11.5 Å². The van der Waals surface area contributed by atoms with Crippen molar-refractivity contribution < 1.29 is 0 Å². The lowest BCUT2D eigenvalue weighted by Gasteiger charge is -2.22. The summed E-state index contributed by atoms with van der Waals surface area (Å²) in [6, 6.07) is 10.7. The van der Waals surface area contributed by atoms with Gasteiger partial charge in [-0.15, -0.1) is 10.2 Å². The Morgan fingerprint density at radius 1 is 1.19 bits per heavy atom. The molecule has 0 saturated carbocycles. The van der Waals surface area contributed by atoms with Gasteiger partial charge in [0.2, 0.25) is 5.13 Å². The first kappa shape index (κ1) is 11.1. The van der Waals surface area contributed by atoms with E-state index in [-0.39, 0.29) is 6.04 Å². The van der Waals surface area contributed by atoms with E-state index in [9.17, 15) is 0 Å². The van der Waals surface area contributed by atoms with Gasteiger partial charge in [-0.3, -0.25) is 0 Å². The molecule has 1 aromatic heterocycles. The molecule has 1 N–H and O–H groups in total. The van der Waals surface area contributed by atoms with Crippen LogP contribution in [-0.2, 0) is 0 Å². The van der Waals surface area contributed by atoms with Crippen molar-refractivity contribution >= 4 is 16.5 Å². The quantitative estimate of drug-likeness (QED) is 0.880. The molecule has 1 heterocycles. The SMILES string of the molecule is CC(C)C(Nc1nncs1)c1ccccc1. The van der Waals surface area contributed by atoms with Crippen LogP contribution >= 0.6 is 11.3 Å². The van der Waals surface area contributed by atoms with Crippen LogP contribution in [0.15, 0.2) is 35.8 Å². The highest BCUT2D eigenvalue weighted by Gasteiger charge is 2.16. The number of benzene rings is 1. The van der Waals surface area contributed by atoms with Crippen LogP contribution in [0.25, 0.3) is 0 Å².